The summed E-state index contributed by atoms with van der Waals surface area (Å²) in [5, 5.41) is 0. The minimum absolute atomic E-state index is 0.470. The highest BCUT2D eigenvalue weighted by atomic mass is 14.2. The minimum atomic E-state index is 0.470. The number of rotatable bonds is 8. The summed E-state index contributed by atoms with van der Waals surface area (Å²) in [6, 6.07) is 4.65. The van der Waals surface area contributed by atoms with Gasteiger partial charge in [0.25, 0.3) is 0 Å². The molecule has 0 radical (unpaired) electrons. The highest BCUT2D eigenvalue weighted by Gasteiger charge is 2.13. The van der Waals surface area contributed by atoms with E-state index in [1.807, 2.05) is 0 Å². The zero-order valence-corrected chi connectivity index (χ0v) is 17.8. The lowest BCUT2D eigenvalue weighted by Gasteiger charge is -2.20. The topological polar surface area (TPSA) is 0 Å². The average molecular weight is 331 g/mol. The van der Waals surface area contributed by atoms with Crippen LogP contribution < -0.4 is 0 Å². The van der Waals surface area contributed by atoms with Crippen LogP contribution >= 0.6 is 0 Å². The summed E-state index contributed by atoms with van der Waals surface area (Å²) in [5.41, 5.74) is 7.25. The van der Waals surface area contributed by atoms with E-state index in [2.05, 4.69) is 67.5 Å². The van der Waals surface area contributed by atoms with Crippen molar-refractivity contribution in [3.8, 4) is 0 Å². The molecule has 0 heteroatoms. The first-order valence-electron chi connectivity index (χ1n) is 10.1. The molecule has 0 atom stereocenters. The molecule has 0 heterocycles. The minimum Gasteiger partial charge on any atom is -0.0602 e. The summed E-state index contributed by atoms with van der Waals surface area (Å²) in [4.78, 5) is 0. The fourth-order valence-corrected chi connectivity index (χ4v) is 3.54. The maximum Gasteiger partial charge on any atom is -0.0273 e. The van der Waals surface area contributed by atoms with Gasteiger partial charge in [-0.3, -0.25) is 0 Å². The van der Waals surface area contributed by atoms with E-state index in [0.29, 0.717) is 10.8 Å². The molecule has 0 aliphatic heterocycles. The molecule has 1 aromatic carbocycles. The van der Waals surface area contributed by atoms with E-state index in [-0.39, 0.29) is 0 Å². The van der Waals surface area contributed by atoms with Crippen LogP contribution in [0.5, 0.6) is 0 Å². The van der Waals surface area contributed by atoms with Gasteiger partial charge in [0.05, 0.1) is 0 Å². The maximum atomic E-state index is 2.35. The van der Waals surface area contributed by atoms with Crippen molar-refractivity contribution >= 4 is 0 Å². The van der Waals surface area contributed by atoms with Crippen LogP contribution in [0.4, 0.5) is 0 Å². The fraction of sp³-hybridized carbons (Fsp3) is 0.750. The fourth-order valence-electron chi connectivity index (χ4n) is 3.54. The van der Waals surface area contributed by atoms with E-state index in [1.54, 1.807) is 11.1 Å². The SMILES string of the molecule is Cc1ccc(C)c(CCCCC(C)(C)C)c1CCCCC(C)(C)C. The van der Waals surface area contributed by atoms with Gasteiger partial charge in [-0.25, -0.2) is 0 Å². The smallest absolute Gasteiger partial charge is 0.0273 e. The number of benzene rings is 1. The molecule has 138 valence electrons. The second kappa shape index (κ2) is 9.07. The van der Waals surface area contributed by atoms with E-state index in [1.165, 1.54) is 62.5 Å². The second-order valence-corrected chi connectivity index (χ2v) is 10.2. The van der Waals surface area contributed by atoms with Crippen LogP contribution in [0.1, 0.15) is 102 Å². The van der Waals surface area contributed by atoms with Crippen molar-refractivity contribution in [1.82, 2.24) is 0 Å². The first-order valence-corrected chi connectivity index (χ1v) is 10.1. The van der Waals surface area contributed by atoms with Crippen LogP contribution in [0, 0.1) is 24.7 Å². The molecule has 0 aromatic heterocycles. The van der Waals surface area contributed by atoms with Crippen molar-refractivity contribution in [3.63, 3.8) is 0 Å². The van der Waals surface area contributed by atoms with Crippen molar-refractivity contribution < 1.29 is 0 Å². The molecular formula is C24H42. The standard InChI is InChI=1S/C24H42/c1-19-15-16-20(2)22(14-10-12-18-24(6,7)8)21(19)13-9-11-17-23(3,4)5/h15-16H,9-14,17-18H2,1-8H3. The summed E-state index contributed by atoms with van der Waals surface area (Å²) < 4.78 is 0. The van der Waals surface area contributed by atoms with Gasteiger partial charge < -0.3 is 0 Å². The van der Waals surface area contributed by atoms with Crippen molar-refractivity contribution in [1.29, 1.82) is 0 Å². The third-order valence-electron chi connectivity index (χ3n) is 5.11. The predicted octanol–water partition coefficient (Wildman–Crippen LogP) is 7.82. The second-order valence-electron chi connectivity index (χ2n) is 10.2. The van der Waals surface area contributed by atoms with Gasteiger partial charge in [0.1, 0.15) is 0 Å². The van der Waals surface area contributed by atoms with Crippen LogP contribution in [-0.2, 0) is 12.8 Å². The summed E-state index contributed by atoms with van der Waals surface area (Å²) in [6.07, 6.45) is 10.5. The molecule has 0 unspecified atom stereocenters. The Morgan fingerprint density at radius 1 is 0.583 bits per heavy atom. The third-order valence-corrected chi connectivity index (χ3v) is 5.11. The third kappa shape index (κ3) is 8.36. The van der Waals surface area contributed by atoms with E-state index < -0.39 is 0 Å². The van der Waals surface area contributed by atoms with E-state index in [9.17, 15) is 0 Å². The van der Waals surface area contributed by atoms with Crippen molar-refractivity contribution in [3.05, 3.63) is 34.4 Å². The molecule has 0 saturated heterocycles. The van der Waals surface area contributed by atoms with Crippen LogP contribution in [0.2, 0.25) is 0 Å². The number of hydrogen-bond donors (Lipinski definition) is 0. The molecule has 0 aliphatic rings. The zero-order chi connectivity index (χ0) is 18.4. The molecular weight excluding hydrogens is 288 g/mol. The van der Waals surface area contributed by atoms with Crippen LogP contribution in [0.3, 0.4) is 0 Å². The highest BCUT2D eigenvalue weighted by Crippen LogP contribution is 2.27. The monoisotopic (exact) mass is 330 g/mol. The van der Waals surface area contributed by atoms with Gasteiger partial charge in [-0.15, -0.1) is 0 Å². The lowest BCUT2D eigenvalue weighted by molar-refractivity contribution is 0.359. The van der Waals surface area contributed by atoms with Gasteiger partial charge in [-0.1, -0.05) is 66.5 Å². The first-order chi connectivity index (χ1) is 11.0. The average Bonchev–Trinajstić information content (AvgIpc) is 2.42. The summed E-state index contributed by atoms with van der Waals surface area (Å²) in [5.74, 6) is 0. The summed E-state index contributed by atoms with van der Waals surface area (Å²) in [6.45, 7) is 18.7. The lowest BCUT2D eigenvalue weighted by Crippen LogP contribution is -2.07. The highest BCUT2D eigenvalue weighted by molar-refractivity contribution is 5.40. The van der Waals surface area contributed by atoms with Crippen molar-refractivity contribution in [2.75, 3.05) is 0 Å². The normalized spacial score (nSPS) is 12.7. The Kier molecular flexibility index (Phi) is 8.03. The Hall–Kier alpha value is -0.780. The predicted molar refractivity (Wildman–Crippen MR) is 110 cm³/mol. The van der Waals surface area contributed by atoms with Crippen molar-refractivity contribution in [2.24, 2.45) is 10.8 Å². The van der Waals surface area contributed by atoms with E-state index in [4.69, 9.17) is 0 Å². The Morgan fingerprint density at radius 2 is 0.917 bits per heavy atom. The molecule has 0 bridgehead atoms. The largest absolute Gasteiger partial charge is 0.0602 e. The molecule has 0 fully saturated rings. The zero-order valence-electron chi connectivity index (χ0n) is 17.8. The van der Waals surface area contributed by atoms with Gasteiger partial charge in [0.15, 0.2) is 0 Å². The van der Waals surface area contributed by atoms with Crippen molar-refractivity contribution in [2.45, 2.75) is 107 Å². The van der Waals surface area contributed by atoms with E-state index in [0.717, 1.165) is 0 Å². The Labute approximate surface area is 152 Å². The van der Waals surface area contributed by atoms with Gasteiger partial charge >= 0.3 is 0 Å². The van der Waals surface area contributed by atoms with Gasteiger partial charge in [-0.05, 0) is 85.5 Å². The first kappa shape index (κ1) is 21.3. The molecule has 0 nitrogen and oxygen atoms in total. The molecule has 0 saturated carbocycles. The quantitative estimate of drug-likeness (QED) is 0.426. The molecule has 0 N–H and O–H groups in total. The Balaban J connectivity index is 2.65. The molecule has 0 aliphatic carbocycles. The molecule has 1 rings (SSSR count). The molecule has 0 amide bonds. The number of hydrogen-bond acceptors (Lipinski definition) is 0. The summed E-state index contributed by atoms with van der Waals surface area (Å²) >= 11 is 0. The van der Waals surface area contributed by atoms with Crippen LogP contribution in [0.15, 0.2) is 12.1 Å². The Morgan fingerprint density at radius 3 is 1.21 bits per heavy atom. The number of aryl methyl sites for hydroxylation is 2. The van der Waals surface area contributed by atoms with Gasteiger partial charge in [0, 0.05) is 0 Å². The molecule has 0 spiro atoms. The van der Waals surface area contributed by atoms with Crippen LogP contribution in [-0.4, -0.2) is 0 Å². The summed E-state index contributed by atoms with van der Waals surface area (Å²) in [7, 11) is 0. The van der Waals surface area contributed by atoms with Gasteiger partial charge in [-0.2, -0.15) is 0 Å². The van der Waals surface area contributed by atoms with Gasteiger partial charge in [0.2, 0.25) is 0 Å². The number of unbranched alkanes of at least 4 members (excludes halogenated alkanes) is 2. The molecule has 1 aromatic rings. The maximum absolute atomic E-state index is 2.35. The Bertz CT molecular complexity index is 447. The molecule has 24 heavy (non-hydrogen) atoms. The van der Waals surface area contributed by atoms with Crippen LogP contribution in [0.25, 0.3) is 0 Å². The lowest BCUT2D eigenvalue weighted by atomic mass is 9.86. The van der Waals surface area contributed by atoms with E-state index >= 15 is 0 Å².